The molecule has 2 bridgehead atoms. The summed E-state index contributed by atoms with van der Waals surface area (Å²) >= 11 is 0. The van der Waals surface area contributed by atoms with Gasteiger partial charge >= 0.3 is 48.1 Å². The van der Waals surface area contributed by atoms with Crippen LogP contribution < -0.4 is 48.0 Å². The van der Waals surface area contributed by atoms with E-state index in [1.165, 1.54) is 6.42 Å². The van der Waals surface area contributed by atoms with E-state index in [0.717, 1.165) is 36.0 Å². The third kappa shape index (κ3) is 8.03. The first-order chi connectivity index (χ1) is 12.8. The number of aliphatic hydroxyl groups is 1. The number of pyridine rings is 1. The topological polar surface area (TPSA) is 111 Å². The first kappa shape index (κ1) is 30.9. The number of halogens is 2. The zero-order chi connectivity index (χ0) is 19.6. The summed E-state index contributed by atoms with van der Waals surface area (Å²) in [6.45, 7) is 6.11. The molecule has 3 saturated heterocycles. The van der Waals surface area contributed by atoms with E-state index < -0.39 is 16.5 Å². The normalized spacial score (nSPS) is 25.4. The van der Waals surface area contributed by atoms with Crippen molar-refractivity contribution in [2.75, 3.05) is 13.1 Å². The number of aliphatic hydroxyl groups excluding tert-OH is 1. The van der Waals surface area contributed by atoms with Crippen LogP contribution in [0.1, 0.15) is 24.5 Å². The molecule has 7 nitrogen and oxygen atoms in total. The van der Waals surface area contributed by atoms with Crippen LogP contribution in [0.5, 0.6) is 0 Å². The summed E-state index contributed by atoms with van der Waals surface area (Å²) in [5.41, 5.74) is 1.97. The Balaban J connectivity index is 0.000000953. The quantitative estimate of drug-likeness (QED) is 0.131. The number of fused-ring (bicyclic) bond motifs is 4. The third-order valence-corrected chi connectivity index (χ3v) is 5.52. The van der Waals surface area contributed by atoms with Crippen LogP contribution in [0.15, 0.2) is 49.2 Å². The minimum absolute atomic E-state index is 0. The summed E-state index contributed by atoms with van der Waals surface area (Å²) in [7, 11) is -4.67. The van der Waals surface area contributed by atoms with E-state index in [4.69, 9.17) is 17.5 Å². The number of rotatable bonds is 3. The third-order valence-electron chi connectivity index (χ3n) is 5.52. The average molecular weight is 686 g/mol. The second-order valence-corrected chi connectivity index (χ2v) is 7.95. The minimum atomic E-state index is -4.67. The van der Waals surface area contributed by atoms with Gasteiger partial charge in [0.05, 0.1) is 11.6 Å². The van der Waals surface area contributed by atoms with Gasteiger partial charge < -0.3 is 53.1 Å². The number of hydrogen-bond donors (Lipinski definition) is 3. The maximum Gasteiger partial charge on any atom is 2.00 e. The average Bonchev–Trinajstić information content (AvgIpc) is 2.66. The van der Waals surface area contributed by atoms with Crippen molar-refractivity contribution < 1.29 is 70.6 Å². The zero-order valence-electron chi connectivity index (χ0n) is 16.3. The first-order valence-electron chi connectivity index (χ1n) is 8.86. The number of hydrogen-bond acceptors (Lipinski definition) is 5. The van der Waals surface area contributed by atoms with Crippen LogP contribution in [-0.2, 0) is 10.4 Å². The molecular formula is C19H24CaI2N2O5S. The van der Waals surface area contributed by atoms with Gasteiger partial charge in [0.2, 0.25) is 0 Å². The van der Waals surface area contributed by atoms with Crippen molar-refractivity contribution in [3.63, 3.8) is 0 Å². The molecule has 0 radical (unpaired) electrons. The Hall–Kier alpha value is 0.880. The molecule has 5 rings (SSSR count). The first-order valence-corrected chi connectivity index (χ1v) is 10.3. The predicted octanol–water partition coefficient (Wildman–Crippen LogP) is -3.86. The second-order valence-electron chi connectivity index (χ2n) is 7.06. The smallest absolute Gasteiger partial charge is 1.00 e. The summed E-state index contributed by atoms with van der Waals surface area (Å²) in [4.78, 5) is 6.86. The number of piperidine rings is 3. The van der Waals surface area contributed by atoms with E-state index in [9.17, 15) is 5.11 Å². The monoisotopic (exact) mass is 686 g/mol. The molecule has 30 heavy (non-hydrogen) atoms. The van der Waals surface area contributed by atoms with Gasteiger partial charge in [-0.2, -0.15) is 8.42 Å². The molecule has 4 heterocycles. The van der Waals surface area contributed by atoms with Crippen molar-refractivity contribution in [2.45, 2.75) is 25.0 Å². The largest absolute Gasteiger partial charge is 2.00 e. The fourth-order valence-corrected chi connectivity index (χ4v) is 4.29. The molecular weight excluding hydrogens is 662 g/mol. The molecule has 11 heteroatoms. The number of nitrogens with zero attached hydrogens (tertiary/aromatic N) is 2. The van der Waals surface area contributed by atoms with E-state index in [0.29, 0.717) is 11.8 Å². The van der Waals surface area contributed by atoms with Gasteiger partial charge in [-0.3, -0.25) is 19.0 Å². The zero-order valence-corrected chi connectivity index (χ0v) is 23.7. The molecule has 0 saturated carbocycles. The van der Waals surface area contributed by atoms with Gasteiger partial charge in [-0.25, -0.2) is 0 Å². The van der Waals surface area contributed by atoms with Crippen molar-refractivity contribution in [3.05, 3.63) is 54.7 Å². The SMILES string of the molecule is C=C[C@H]1CN2CC[C@H]1C[C@H]2[C@H](O)c1ccnc2ccccc12.O=S(=O)(O)O.[Ca+2].[I-].[I-]. The Morgan fingerprint density at radius 2 is 1.83 bits per heavy atom. The van der Waals surface area contributed by atoms with Crippen LogP contribution in [0.3, 0.4) is 0 Å². The summed E-state index contributed by atoms with van der Waals surface area (Å²) in [6, 6.07) is 10.3. The summed E-state index contributed by atoms with van der Waals surface area (Å²) in [5.74, 6) is 1.27. The van der Waals surface area contributed by atoms with Gasteiger partial charge in [0.15, 0.2) is 0 Å². The second kappa shape index (κ2) is 13.6. The van der Waals surface area contributed by atoms with Gasteiger partial charge in [-0.15, -0.1) is 6.58 Å². The van der Waals surface area contributed by atoms with Crippen molar-refractivity contribution >= 4 is 59.0 Å². The molecule has 3 aliphatic rings. The molecule has 1 aromatic heterocycles. The van der Waals surface area contributed by atoms with Gasteiger partial charge in [-0.05, 0) is 48.9 Å². The van der Waals surface area contributed by atoms with Gasteiger partial charge in [0.25, 0.3) is 0 Å². The Morgan fingerprint density at radius 1 is 1.20 bits per heavy atom. The number of para-hydroxylation sites is 1. The Bertz CT molecular complexity index is 921. The van der Waals surface area contributed by atoms with Crippen LogP contribution in [-0.4, -0.2) is 89.4 Å². The molecule has 1 unspecified atom stereocenters. The number of aromatic nitrogens is 1. The van der Waals surface area contributed by atoms with Gasteiger partial charge in [0.1, 0.15) is 0 Å². The van der Waals surface area contributed by atoms with Crippen molar-refractivity contribution in [2.24, 2.45) is 11.8 Å². The molecule has 0 amide bonds. The molecule has 5 atom stereocenters. The van der Waals surface area contributed by atoms with Crippen LogP contribution in [0, 0.1) is 11.8 Å². The molecule has 0 spiro atoms. The molecule has 0 aliphatic carbocycles. The van der Waals surface area contributed by atoms with E-state index in [2.05, 4.69) is 28.6 Å². The van der Waals surface area contributed by atoms with Crippen molar-refractivity contribution in [3.8, 4) is 0 Å². The van der Waals surface area contributed by atoms with Crippen LogP contribution in [0.4, 0.5) is 0 Å². The van der Waals surface area contributed by atoms with Crippen LogP contribution in [0.2, 0.25) is 0 Å². The standard InChI is InChI=1S/C19H22N2O.Ca.2HI.H2O4S/c1-2-13-12-21-10-8-14(13)11-18(21)19(22)16-7-9-20-17-6-4-3-5-15(16)17;;;;1-5(2,3)4/h2-7,9,13-14,18-19,22H,1,8,10-12H2;;2*1H;(H2,1,2,3,4)/q;+2;;;/p-2/t13-,14-,18-,19+;;;;/m0..../s1. The van der Waals surface area contributed by atoms with E-state index in [1.54, 1.807) is 0 Å². The van der Waals surface area contributed by atoms with Gasteiger partial charge in [-0.1, -0.05) is 24.3 Å². The molecule has 2 aromatic rings. The Kier molecular flexibility index (Phi) is 14.0. The molecule has 1 aromatic carbocycles. The van der Waals surface area contributed by atoms with E-state index >= 15 is 0 Å². The molecule has 162 valence electrons. The fraction of sp³-hybridized carbons (Fsp3) is 0.421. The van der Waals surface area contributed by atoms with E-state index in [-0.39, 0.29) is 91.7 Å². The van der Waals surface area contributed by atoms with E-state index in [1.807, 2.05) is 30.5 Å². The van der Waals surface area contributed by atoms with Gasteiger partial charge in [0, 0.05) is 24.2 Å². The summed E-state index contributed by atoms with van der Waals surface area (Å²) in [5, 5.41) is 12.1. The summed E-state index contributed by atoms with van der Waals surface area (Å²) in [6.07, 6.45) is 5.76. The minimum Gasteiger partial charge on any atom is -1.00 e. The van der Waals surface area contributed by atoms with Crippen molar-refractivity contribution in [1.82, 2.24) is 9.88 Å². The molecule has 3 N–H and O–H groups in total. The Morgan fingerprint density at radius 3 is 2.40 bits per heavy atom. The maximum absolute atomic E-state index is 11.0. The van der Waals surface area contributed by atoms with Crippen LogP contribution in [0.25, 0.3) is 10.9 Å². The van der Waals surface area contributed by atoms with Crippen LogP contribution >= 0.6 is 0 Å². The molecule has 3 aliphatic heterocycles. The summed E-state index contributed by atoms with van der Waals surface area (Å²) < 4.78 is 31.6. The fourth-order valence-electron chi connectivity index (χ4n) is 4.29. The maximum atomic E-state index is 11.0. The predicted molar refractivity (Wildman–Crippen MR) is 108 cm³/mol. The van der Waals surface area contributed by atoms with Crippen molar-refractivity contribution in [1.29, 1.82) is 0 Å². The molecule has 3 fully saturated rings. The Labute approximate surface area is 241 Å². The number of benzene rings is 1.